The number of halogens is 1. The van der Waals surface area contributed by atoms with Gasteiger partial charge in [0, 0.05) is 18.7 Å². The zero-order chi connectivity index (χ0) is 19.1. The number of unbranched alkanes of at least 4 members (excludes halogenated alkanes) is 1. The highest BCUT2D eigenvalue weighted by Gasteiger charge is 2.41. The summed E-state index contributed by atoms with van der Waals surface area (Å²) in [7, 11) is 0. The van der Waals surface area contributed by atoms with Crippen molar-refractivity contribution >= 4 is 35.8 Å². The number of nitrogens with one attached hydrogen (secondary N) is 3. The molecular weight excluding hydrogens is 467 g/mol. The SMILES string of the molecule is CCCCNC(=O)c1ccc(CN=C(NCC)NC2CC3CCC2O3)cc1.I. The van der Waals surface area contributed by atoms with Gasteiger partial charge in [0.05, 0.1) is 24.8 Å². The van der Waals surface area contributed by atoms with Crippen molar-refractivity contribution in [2.45, 2.75) is 70.7 Å². The van der Waals surface area contributed by atoms with Gasteiger partial charge >= 0.3 is 0 Å². The highest BCUT2D eigenvalue weighted by molar-refractivity contribution is 14.0. The molecule has 156 valence electrons. The summed E-state index contributed by atoms with van der Waals surface area (Å²) in [5.74, 6) is 0.824. The smallest absolute Gasteiger partial charge is 0.251 e. The number of hydrogen-bond donors (Lipinski definition) is 3. The van der Waals surface area contributed by atoms with Gasteiger partial charge in [-0.1, -0.05) is 25.5 Å². The molecule has 2 fully saturated rings. The van der Waals surface area contributed by atoms with E-state index in [4.69, 9.17) is 9.73 Å². The Bertz CT molecular complexity index is 650. The number of rotatable bonds is 8. The first-order chi connectivity index (χ1) is 13.2. The molecule has 0 saturated carbocycles. The van der Waals surface area contributed by atoms with E-state index in [1.807, 2.05) is 24.3 Å². The van der Waals surface area contributed by atoms with Gasteiger partial charge in [-0.2, -0.15) is 0 Å². The van der Waals surface area contributed by atoms with Crippen LogP contribution in [0.3, 0.4) is 0 Å². The summed E-state index contributed by atoms with van der Waals surface area (Å²) in [5, 5.41) is 9.78. The van der Waals surface area contributed by atoms with Gasteiger partial charge < -0.3 is 20.7 Å². The van der Waals surface area contributed by atoms with Crippen molar-refractivity contribution in [2.75, 3.05) is 13.1 Å². The second-order valence-electron chi connectivity index (χ2n) is 7.36. The highest BCUT2D eigenvalue weighted by atomic mass is 127. The molecule has 1 amide bonds. The van der Waals surface area contributed by atoms with E-state index < -0.39 is 0 Å². The molecule has 2 bridgehead atoms. The Kier molecular flexibility index (Phi) is 9.50. The first kappa shape index (κ1) is 22.9. The van der Waals surface area contributed by atoms with Gasteiger partial charge in [-0.25, -0.2) is 4.99 Å². The van der Waals surface area contributed by atoms with E-state index in [1.54, 1.807) is 0 Å². The molecule has 3 N–H and O–H groups in total. The van der Waals surface area contributed by atoms with Crippen molar-refractivity contribution in [3.63, 3.8) is 0 Å². The maximum absolute atomic E-state index is 12.1. The van der Waals surface area contributed by atoms with Crippen LogP contribution in [-0.4, -0.2) is 43.2 Å². The number of benzene rings is 1. The Labute approximate surface area is 185 Å². The monoisotopic (exact) mass is 500 g/mol. The van der Waals surface area contributed by atoms with E-state index in [2.05, 4.69) is 29.8 Å². The number of fused-ring (bicyclic) bond motifs is 2. The number of carbonyl (C=O) groups excluding carboxylic acids is 1. The van der Waals surface area contributed by atoms with E-state index in [0.717, 1.165) is 50.3 Å². The molecule has 7 heteroatoms. The van der Waals surface area contributed by atoms with Gasteiger partial charge in [-0.05, 0) is 50.3 Å². The summed E-state index contributed by atoms with van der Waals surface area (Å²) < 4.78 is 5.91. The molecule has 28 heavy (non-hydrogen) atoms. The average molecular weight is 500 g/mol. The normalized spacial score (nSPS) is 23.2. The zero-order valence-electron chi connectivity index (χ0n) is 16.9. The minimum Gasteiger partial charge on any atom is -0.373 e. The van der Waals surface area contributed by atoms with Gasteiger partial charge in [-0.3, -0.25) is 4.79 Å². The van der Waals surface area contributed by atoms with Crippen LogP contribution in [0.2, 0.25) is 0 Å². The molecule has 3 rings (SSSR count). The first-order valence-electron chi connectivity index (χ1n) is 10.3. The average Bonchev–Trinajstić information content (AvgIpc) is 3.30. The zero-order valence-corrected chi connectivity index (χ0v) is 19.2. The van der Waals surface area contributed by atoms with Crippen LogP contribution in [0, 0.1) is 0 Å². The molecule has 0 aliphatic carbocycles. The molecule has 2 aliphatic rings. The molecule has 2 aliphatic heterocycles. The fraction of sp³-hybridized carbons (Fsp3) is 0.619. The van der Waals surface area contributed by atoms with Crippen LogP contribution in [-0.2, 0) is 11.3 Å². The summed E-state index contributed by atoms with van der Waals surface area (Å²) in [6.07, 6.45) is 6.23. The third-order valence-electron chi connectivity index (χ3n) is 5.22. The molecule has 3 unspecified atom stereocenters. The Morgan fingerprint density at radius 3 is 2.57 bits per heavy atom. The predicted molar refractivity (Wildman–Crippen MR) is 123 cm³/mol. The van der Waals surface area contributed by atoms with Crippen LogP contribution in [0.4, 0.5) is 0 Å². The van der Waals surface area contributed by atoms with Crippen molar-refractivity contribution in [1.82, 2.24) is 16.0 Å². The van der Waals surface area contributed by atoms with E-state index in [1.165, 1.54) is 6.42 Å². The van der Waals surface area contributed by atoms with Gasteiger partial charge in [0.1, 0.15) is 0 Å². The summed E-state index contributed by atoms with van der Waals surface area (Å²) in [6, 6.07) is 8.05. The third-order valence-corrected chi connectivity index (χ3v) is 5.22. The van der Waals surface area contributed by atoms with Crippen LogP contribution in [0.5, 0.6) is 0 Å². The number of nitrogens with zero attached hydrogens (tertiary/aromatic N) is 1. The second-order valence-corrected chi connectivity index (χ2v) is 7.36. The third kappa shape index (κ3) is 6.34. The van der Waals surface area contributed by atoms with Crippen molar-refractivity contribution in [3.05, 3.63) is 35.4 Å². The Hall–Kier alpha value is -1.35. The van der Waals surface area contributed by atoms with E-state index in [0.29, 0.717) is 30.4 Å². The van der Waals surface area contributed by atoms with Crippen LogP contribution < -0.4 is 16.0 Å². The quantitative estimate of drug-likeness (QED) is 0.222. The molecular formula is C21H33IN4O2. The number of guanidine groups is 1. The van der Waals surface area contributed by atoms with Crippen LogP contribution in [0.15, 0.2) is 29.3 Å². The predicted octanol–water partition coefficient (Wildman–Crippen LogP) is 3.21. The molecule has 1 aromatic rings. The highest BCUT2D eigenvalue weighted by Crippen LogP contribution is 2.34. The molecule has 6 nitrogen and oxygen atoms in total. The maximum Gasteiger partial charge on any atom is 0.251 e. The number of carbonyl (C=O) groups is 1. The maximum atomic E-state index is 12.1. The number of hydrogen-bond acceptors (Lipinski definition) is 3. The van der Waals surface area contributed by atoms with Crippen molar-refractivity contribution < 1.29 is 9.53 Å². The lowest BCUT2D eigenvalue weighted by molar-refractivity contribution is 0.0953. The molecule has 2 heterocycles. The number of aliphatic imine (C=N–C) groups is 1. The topological polar surface area (TPSA) is 74.8 Å². The summed E-state index contributed by atoms with van der Waals surface area (Å²) in [5.41, 5.74) is 1.78. The van der Waals surface area contributed by atoms with Gasteiger partial charge in [0.2, 0.25) is 0 Å². The van der Waals surface area contributed by atoms with E-state index >= 15 is 0 Å². The minimum absolute atomic E-state index is 0. The second kappa shape index (κ2) is 11.6. The number of amides is 1. The van der Waals surface area contributed by atoms with Crippen molar-refractivity contribution in [1.29, 1.82) is 0 Å². The lowest BCUT2D eigenvalue weighted by atomic mass is 9.96. The summed E-state index contributed by atoms with van der Waals surface area (Å²) in [6.45, 7) is 6.31. The van der Waals surface area contributed by atoms with Crippen LogP contribution in [0.25, 0.3) is 0 Å². The van der Waals surface area contributed by atoms with Crippen LogP contribution >= 0.6 is 24.0 Å². The molecule has 3 atom stereocenters. The van der Waals surface area contributed by atoms with Gasteiger partial charge in [0.25, 0.3) is 5.91 Å². The molecule has 2 saturated heterocycles. The summed E-state index contributed by atoms with van der Waals surface area (Å²) >= 11 is 0. The Balaban J connectivity index is 0.00000280. The number of ether oxygens (including phenoxy) is 1. The van der Waals surface area contributed by atoms with E-state index in [-0.39, 0.29) is 29.9 Å². The fourth-order valence-electron chi connectivity index (χ4n) is 3.70. The standard InChI is InChI=1S/C21H32N4O2.HI/c1-3-5-12-23-20(26)16-8-6-15(7-9-16)14-24-21(22-4-2)25-18-13-17-10-11-19(18)27-17;/h6-9,17-19H,3-5,10-14H2,1-2H3,(H,23,26)(H2,22,24,25);1H. The summed E-state index contributed by atoms with van der Waals surface area (Å²) in [4.78, 5) is 16.8. The van der Waals surface area contributed by atoms with Crippen molar-refractivity contribution in [2.24, 2.45) is 4.99 Å². The van der Waals surface area contributed by atoms with Gasteiger partial charge in [-0.15, -0.1) is 24.0 Å². The molecule has 0 spiro atoms. The molecule has 0 aromatic heterocycles. The Morgan fingerprint density at radius 1 is 1.18 bits per heavy atom. The lowest BCUT2D eigenvalue weighted by Gasteiger charge is -2.22. The minimum atomic E-state index is -0.00945. The molecule has 1 aromatic carbocycles. The lowest BCUT2D eigenvalue weighted by Crippen LogP contribution is -2.47. The van der Waals surface area contributed by atoms with E-state index in [9.17, 15) is 4.79 Å². The largest absolute Gasteiger partial charge is 0.373 e. The molecule has 0 radical (unpaired) electrons. The first-order valence-corrected chi connectivity index (χ1v) is 10.3. The van der Waals surface area contributed by atoms with Crippen molar-refractivity contribution in [3.8, 4) is 0 Å². The fourth-order valence-corrected chi connectivity index (χ4v) is 3.70. The van der Waals surface area contributed by atoms with Crippen LogP contribution in [0.1, 0.15) is 61.9 Å². The van der Waals surface area contributed by atoms with Gasteiger partial charge in [0.15, 0.2) is 5.96 Å². The Morgan fingerprint density at radius 2 is 1.96 bits per heavy atom.